The molecule has 0 bridgehead atoms. The molecule has 0 aromatic heterocycles. The third-order valence-corrected chi connectivity index (χ3v) is 4.70. The van der Waals surface area contributed by atoms with E-state index in [9.17, 15) is 8.42 Å². The van der Waals surface area contributed by atoms with E-state index in [0.717, 1.165) is 11.1 Å². The highest BCUT2D eigenvalue weighted by Gasteiger charge is 2.17. The van der Waals surface area contributed by atoms with Gasteiger partial charge in [0, 0.05) is 13.1 Å². The van der Waals surface area contributed by atoms with Gasteiger partial charge in [-0.1, -0.05) is 42.5 Å². The average Bonchev–Trinajstić information content (AvgIpc) is 2.46. The Kier molecular flexibility index (Phi) is 4.54. The molecule has 0 aliphatic carbocycles. The Morgan fingerprint density at radius 2 is 1.60 bits per heavy atom. The third kappa shape index (κ3) is 3.25. The van der Waals surface area contributed by atoms with E-state index in [0.29, 0.717) is 5.56 Å². The Hall–Kier alpha value is -1.69. The van der Waals surface area contributed by atoms with Gasteiger partial charge in [-0.25, -0.2) is 13.1 Å². The molecule has 0 radical (unpaired) electrons. The number of benzene rings is 2. The van der Waals surface area contributed by atoms with Gasteiger partial charge in [-0.2, -0.15) is 0 Å². The molecule has 0 saturated carbocycles. The summed E-state index contributed by atoms with van der Waals surface area (Å²) >= 11 is 0. The average molecular weight is 290 g/mol. The lowest BCUT2D eigenvalue weighted by Gasteiger charge is -2.11. The van der Waals surface area contributed by atoms with Crippen LogP contribution in [0.5, 0.6) is 0 Å². The van der Waals surface area contributed by atoms with Crippen LogP contribution >= 0.6 is 0 Å². The second-order valence-corrected chi connectivity index (χ2v) is 6.30. The minimum Gasteiger partial charge on any atom is -0.326 e. The molecule has 2 aromatic rings. The van der Waals surface area contributed by atoms with E-state index in [4.69, 9.17) is 5.73 Å². The Labute approximate surface area is 119 Å². The maximum Gasteiger partial charge on any atom is 0.241 e. The van der Waals surface area contributed by atoms with Gasteiger partial charge in [0.1, 0.15) is 0 Å². The second kappa shape index (κ2) is 6.17. The van der Waals surface area contributed by atoms with Crippen molar-refractivity contribution in [2.24, 2.45) is 5.73 Å². The number of nitrogens with one attached hydrogen (secondary N) is 1. The Morgan fingerprint density at radius 1 is 1.00 bits per heavy atom. The summed E-state index contributed by atoms with van der Waals surface area (Å²) in [6.07, 6.45) is 0. The van der Waals surface area contributed by atoms with Gasteiger partial charge >= 0.3 is 0 Å². The molecular formula is C15H18N2O2S. The SMILES string of the molecule is Cc1ccccc1CNS(=O)(=O)c1ccccc1CN. The molecule has 0 atom stereocenters. The molecule has 2 aromatic carbocycles. The highest BCUT2D eigenvalue weighted by molar-refractivity contribution is 7.89. The van der Waals surface area contributed by atoms with E-state index in [-0.39, 0.29) is 18.0 Å². The molecule has 0 aliphatic heterocycles. The van der Waals surface area contributed by atoms with Crippen LogP contribution in [0.15, 0.2) is 53.4 Å². The van der Waals surface area contributed by atoms with Gasteiger partial charge in [0.2, 0.25) is 10.0 Å². The Bertz CT molecular complexity index is 697. The summed E-state index contributed by atoms with van der Waals surface area (Å²) < 4.78 is 27.3. The van der Waals surface area contributed by atoms with Gasteiger partial charge in [0.25, 0.3) is 0 Å². The van der Waals surface area contributed by atoms with Gasteiger partial charge in [0.15, 0.2) is 0 Å². The monoisotopic (exact) mass is 290 g/mol. The zero-order valence-electron chi connectivity index (χ0n) is 11.3. The minimum absolute atomic E-state index is 0.196. The van der Waals surface area contributed by atoms with Crippen molar-refractivity contribution in [1.82, 2.24) is 4.72 Å². The summed E-state index contributed by atoms with van der Waals surface area (Å²) in [5.41, 5.74) is 8.22. The number of aryl methyl sites for hydroxylation is 1. The summed E-state index contributed by atoms with van der Waals surface area (Å²) in [4.78, 5) is 0.246. The Balaban J connectivity index is 2.22. The summed E-state index contributed by atoms with van der Waals surface area (Å²) in [6.45, 7) is 2.42. The maximum atomic E-state index is 12.3. The van der Waals surface area contributed by atoms with Crippen LogP contribution < -0.4 is 10.5 Å². The molecule has 0 fully saturated rings. The number of rotatable bonds is 5. The van der Waals surface area contributed by atoms with E-state index < -0.39 is 10.0 Å². The van der Waals surface area contributed by atoms with Gasteiger partial charge in [-0.05, 0) is 29.7 Å². The van der Waals surface area contributed by atoms with Crippen molar-refractivity contribution in [1.29, 1.82) is 0 Å². The van der Waals surface area contributed by atoms with Crippen LogP contribution in [-0.4, -0.2) is 8.42 Å². The number of sulfonamides is 1. The van der Waals surface area contributed by atoms with Crippen LogP contribution in [-0.2, 0) is 23.1 Å². The summed E-state index contributed by atoms with van der Waals surface area (Å²) in [7, 11) is -3.55. The predicted octanol–water partition coefficient (Wildman–Crippen LogP) is 1.93. The standard InChI is InChI=1S/C15H18N2O2S/c1-12-6-2-3-8-14(12)11-17-20(18,19)15-9-5-4-7-13(15)10-16/h2-9,17H,10-11,16H2,1H3. The van der Waals surface area contributed by atoms with E-state index in [1.54, 1.807) is 24.3 Å². The highest BCUT2D eigenvalue weighted by atomic mass is 32.2. The highest BCUT2D eigenvalue weighted by Crippen LogP contribution is 2.15. The van der Waals surface area contributed by atoms with E-state index in [1.165, 1.54) is 0 Å². The molecular weight excluding hydrogens is 272 g/mol. The zero-order chi connectivity index (χ0) is 14.6. The van der Waals surface area contributed by atoms with E-state index in [2.05, 4.69) is 4.72 Å². The number of nitrogens with two attached hydrogens (primary N) is 1. The van der Waals surface area contributed by atoms with Gasteiger partial charge < -0.3 is 5.73 Å². The van der Waals surface area contributed by atoms with Crippen LogP contribution in [0.1, 0.15) is 16.7 Å². The number of hydrogen-bond donors (Lipinski definition) is 2. The van der Waals surface area contributed by atoms with Crippen molar-refractivity contribution in [2.45, 2.75) is 24.9 Å². The lowest BCUT2D eigenvalue weighted by Crippen LogP contribution is -2.25. The lowest BCUT2D eigenvalue weighted by molar-refractivity contribution is 0.580. The summed E-state index contributed by atoms with van der Waals surface area (Å²) in [6, 6.07) is 14.5. The van der Waals surface area contributed by atoms with Crippen LogP contribution in [0.25, 0.3) is 0 Å². The topological polar surface area (TPSA) is 72.2 Å². The molecule has 0 unspecified atom stereocenters. The normalized spacial score (nSPS) is 11.5. The largest absolute Gasteiger partial charge is 0.326 e. The second-order valence-electron chi connectivity index (χ2n) is 4.56. The maximum absolute atomic E-state index is 12.3. The van der Waals surface area contributed by atoms with Gasteiger partial charge in [0.05, 0.1) is 4.90 Å². The molecule has 0 aliphatic rings. The molecule has 0 heterocycles. The van der Waals surface area contributed by atoms with Crippen molar-refractivity contribution in [3.05, 3.63) is 65.2 Å². The van der Waals surface area contributed by atoms with Crippen molar-refractivity contribution >= 4 is 10.0 Å². The molecule has 0 saturated heterocycles. The number of hydrogen-bond acceptors (Lipinski definition) is 3. The molecule has 3 N–H and O–H groups in total. The Morgan fingerprint density at radius 3 is 2.25 bits per heavy atom. The van der Waals surface area contributed by atoms with Crippen molar-refractivity contribution in [3.8, 4) is 0 Å². The lowest BCUT2D eigenvalue weighted by atomic mass is 10.1. The third-order valence-electron chi connectivity index (χ3n) is 3.20. The first-order valence-corrected chi connectivity index (χ1v) is 7.85. The molecule has 4 nitrogen and oxygen atoms in total. The molecule has 5 heteroatoms. The van der Waals surface area contributed by atoms with Crippen molar-refractivity contribution in [3.63, 3.8) is 0 Å². The first-order valence-electron chi connectivity index (χ1n) is 6.37. The van der Waals surface area contributed by atoms with E-state index in [1.807, 2.05) is 31.2 Å². The summed E-state index contributed by atoms with van der Waals surface area (Å²) in [5, 5.41) is 0. The van der Waals surface area contributed by atoms with E-state index >= 15 is 0 Å². The first-order chi connectivity index (χ1) is 9.54. The quantitative estimate of drug-likeness (QED) is 0.884. The van der Waals surface area contributed by atoms with Crippen molar-refractivity contribution < 1.29 is 8.42 Å². The van der Waals surface area contributed by atoms with Crippen LogP contribution in [0.3, 0.4) is 0 Å². The molecule has 2 rings (SSSR count). The fourth-order valence-electron chi connectivity index (χ4n) is 1.99. The minimum atomic E-state index is -3.55. The van der Waals surface area contributed by atoms with Gasteiger partial charge in [-0.3, -0.25) is 0 Å². The molecule has 0 amide bonds. The fraction of sp³-hybridized carbons (Fsp3) is 0.200. The van der Waals surface area contributed by atoms with Crippen LogP contribution in [0.2, 0.25) is 0 Å². The fourth-order valence-corrected chi connectivity index (χ4v) is 3.25. The summed E-state index contributed by atoms with van der Waals surface area (Å²) in [5.74, 6) is 0. The van der Waals surface area contributed by atoms with Crippen molar-refractivity contribution in [2.75, 3.05) is 0 Å². The van der Waals surface area contributed by atoms with Crippen LogP contribution in [0, 0.1) is 6.92 Å². The molecule has 20 heavy (non-hydrogen) atoms. The zero-order valence-corrected chi connectivity index (χ0v) is 12.2. The first kappa shape index (κ1) is 14.7. The molecule has 0 spiro atoms. The smallest absolute Gasteiger partial charge is 0.241 e. The predicted molar refractivity (Wildman–Crippen MR) is 79.5 cm³/mol. The van der Waals surface area contributed by atoms with Crippen LogP contribution in [0.4, 0.5) is 0 Å². The molecule has 106 valence electrons. The van der Waals surface area contributed by atoms with Gasteiger partial charge in [-0.15, -0.1) is 0 Å².